The molecule has 2 aromatic carbocycles. The first-order valence-electron chi connectivity index (χ1n) is 11.4. The number of hydrogen-bond donors (Lipinski definition) is 2. The molecule has 0 bridgehead atoms. The standard InChI is InChI=1S/C25H29FN4O4/c1-17(31)27-20-15-22(25(33)34)30(24(20)18-7-3-2-4-8-18)16-23(32)29-13-11-28(12-14-29)21-10-6-5-9-19(21)26/h2-10,20,22,24H,11-16H2,1H3,(H,27,31)(H,33,34)/t20-,22-,24-/m0/s1. The van der Waals surface area contributed by atoms with Crippen LogP contribution in [-0.4, -0.2) is 77.5 Å². The summed E-state index contributed by atoms with van der Waals surface area (Å²) in [5.41, 5.74) is 1.37. The Balaban J connectivity index is 1.49. The maximum atomic E-state index is 14.1. The Bertz CT molecular complexity index is 1040. The zero-order valence-electron chi connectivity index (χ0n) is 19.1. The molecule has 0 aromatic heterocycles. The Morgan fingerprint density at radius 1 is 1.00 bits per heavy atom. The molecule has 3 atom stereocenters. The number of carboxylic acids is 1. The maximum Gasteiger partial charge on any atom is 0.321 e. The van der Waals surface area contributed by atoms with Gasteiger partial charge in [-0.05, 0) is 24.1 Å². The van der Waals surface area contributed by atoms with E-state index in [1.807, 2.05) is 35.2 Å². The number of aliphatic carboxylic acids is 1. The summed E-state index contributed by atoms with van der Waals surface area (Å²) in [7, 11) is 0. The molecule has 2 saturated heterocycles. The quantitative estimate of drug-likeness (QED) is 0.673. The molecule has 9 heteroatoms. The second kappa shape index (κ2) is 10.2. The molecular formula is C25H29FN4O4. The highest BCUT2D eigenvalue weighted by Crippen LogP contribution is 2.36. The first-order valence-corrected chi connectivity index (χ1v) is 11.4. The molecule has 2 fully saturated rings. The van der Waals surface area contributed by atoms with Gasteiger partial charge in [0.15, 0.2) is 0 Å². The Kier molecular flexibility index (Phi) is 7.12. The minimum Gasteiger partial charge on any atom is -0.480 e. The first kappa shape index (κ1) is 23.7. The SMILES string of the molecule is CC(=O)N[C@H]1C[C@@H](C(=O)O)N(CC(=O)N2CCN(c3ccccc3F)CC2)[C@H]1c1ccccc1. The van der Waals surface area contributed by atoms with E-state index < -0.39 is 24.1 Å². The molecule has 180 valence electrons. The number of rotatable bonds is 6. The van der Waals surface area contributed by atoms with Crippen LogP contribution in [0.4, 0.5) is 10.1 Å². The Hall–Kier alpha value is -3.46. The van der Waals surface area contributed by atoms with Gasteiger partial charge in [0.05, 0.1) is 24.3 Å². The smallest absolute Gasteiger partial charge is 0.321 e. The van der Waals surface area contributed by atoms with Gasteiger partial charge in [0.1, 0.15) is 11.9 Å². The average molecular weight is 469 g/mol. The van der Waals surface area contributed by atoms with Gasteiger partial charge in [0, 0.05) is 33.1 Å². The number of likely N-dealkylation sites (tertiary alicyclic amines) is 1. The van der Waals surface area contributed by atoms with Crippen LogP contribution >= 0.6 is 0 Å². The molecule has 34 heavy (non-hydrogen) atoms. The number of benzene rings is 2. The van der Waals surface area contributed by atoms with Crippen molar-refractivity contribution in [3.05, 3.63) is 66.0 Å². The lowest BCUT2D eigenvalue weighted by atomic mass is 9.99. The molecule has 8 nitrogen and oxygen atoms in total. The van der Waals surface area contributed by atoms with Crippen LogP contribution in [-0.2, 0) is 14.4 Å². The summed E-state index contributed by atoms with van der Waals surface area (Å²) in [5, 5.41) is 12.8. The molecule has 0 aliphatic carbocycles. The predicted molar refractivity (Wildman–Crippen MR) is 125 cm³/mol. The molecule has 0 saturated carbocycles. The van der Waals surface area contributed by atoms with Crippen LogP contribution in [0.1, 0.15) is 24.9 Å². The number of anilines is 1. The normalized spacial score (nSPS) is 23.1. The number of hydrogen-bond acceptors (Lipinski definition) is 5. The molecule has 0 unspecified atom stereocenters. The van der Waals surface area contributed by atoms with E-state index in [1.165, 1.54) is 13.0 Å². The topological polar surface area (TPSA) is 93.2 Å². The Morgan fingerprint density at radius 2 is 1.65 bits per heavy atom. The number of carbonyl (C=O) groups is 3. The van der Waals surface area contributed by atoms with Crippen LogP contribution in [0.15, 0.2) is 54.6 Å². The van der Waals surface area contributed by atoms with E-state index >= 15 is 0 Å². The lowest BCUT2D eigenvalue weighted by Gasteiger charge is -2.38. The third-order valence-corrected chi connectivity index (χ3v) is 6.57. The van der Waals surface area contributed by atoms with Crippen LogP contribution in [0, 0.1) is 5.82 Å². The lowest BCUT2D eigenvalue weighted by molar-refractivity contribution is -0.144. The molecular weight excluding hydrogens is 439 g/mol. The zero-order valence-corrected chi connectivity index (χ0v) is 19.1. The Labute approximate surface area is 197 Å². The predicted octanol–water partition coefficient (Wildman–Crippen LogP) is 1.88. The van der Waals surface area contributed by atoms with Crippen LogP contribution in [0.5, 0.6) is 0 Å². The lowest BCUT2D eigenvalue weighted by Crippen LogP contribution is -2.53. The van der Waals surface area contributed by atoms with E-state index in [0.29, 0.717) is 31.9 Å². The fourth-order valence-corrected chi connectivity index (χ4v) is 5.02. The van der Waals surface area contributed by atoms with Crippen molar-refractivity contribution >= 4 is 23.5 Å². The van der Waals surface area contributed by atoms with Crippen molar-refractivity contribution in [1.82, 2.24) is 15.1 Å². The van der Waals surface area contributed by atoms with Gasteiger partial charge < -0.3 is 20.2 Å². The van der Waals surface area contributed by atoms with E-state index in [0.717, 1.165) is 5.56 Å². The number of para-hydroxylation sites is 1. The van der Waals surface area contributed by atoms with Crippen LogP contribution in [0.2, 0.25) is 0 Å². The minimum absolute atomic E-state index is 0.0771. The minimum atomic E-state index is -1.02. The van der Waals surface area contributed by atoms with E-state index in [1.54, 1.807) is 28.0 Å². The Morgan fingerprint density at radius 3 is 2.26 bits per heavy atom. The third kappa shape index (κ3) is 5.04. The van der Waals surface area contributed by atoms with Gasteiger partial charge in [0.25, 0.3) is 0 Å². The summed E-state index contributed by atoms with van der Waals surface area (Å²) in [6, 6.07) is 14.2. The van der Waals surface area contributed by atoms with E-state index in [-0.39, 0.29) is 30.6 Å². The van der Waals surface area contributed by atoms with Gasteiger partial charge in [-0.25, -0.2) is 4.39 Å². The van der Waals surface area contributed by atoms with Gasteiger partial charge in [-0.15, -0.1) is 0 Å². The number of carbonyl (C=O) groups excluding carboxylic acids is 2. The maximum absolute atomic E-state index is 14.1. The van der Waals surface area contributed by atoms with Gasteiger partial charge >= 0.3 is 5.97 Å². The van der Waals surface area contributed by atoms with Crippen molar-refractivity contribution < 1.29 is 23.9 Å². The van der Waals surface area contributed by atoms with Crippen LogP contribution in [0.25, 0.3) is 0 Å². The highest BCUT2D eigenvalue weighted by atomic mass is 19.1. The third-order valence-electron chi connectivity index (χ3n) is 6.57. The van der Waals surface area contributed by atoms with Gasteiger partial charge in [0.2, 0.25) is 11.8 Å². The summed E-state index contributed by atoms with van der Waals surface area (Å²) in [4.78, 5) is 42.4. The number of piperazine rings is 1. The average Bonchev–Trinajstić information content (AvgIpc) is 3.17. The molecule has 2 aliphatic rings. The van der Waals surface area contributed by atoms with Crippen LogP contribution in [0.3, 0.4) is 0 Å². The fraction of sp³-hybridized carbons (Fsp3) is 0.400. The van der Waals surface area contributed by atoms with E-state index in [4.69, 9.17) is 0 Å². The van der Waals surface area contributed by atoms with Crippen LogP contribution < -0.4 is 10.2 Å². The highest BCUT2D eigenvalue weighted by molar-refractivity contribution is 5.81. The summed E-state index contributed by atoms with van der Waals surface area (Å²) in [5.74, 6) is -1.74. The van der Waals surface area contributed by atoms with Crippen molar-refractivity contribution in [2.24, 2.45) is 0 Å². The monoisotopic (exact) mass is 468 g/mol. The van der Waals surface area contributed by atoms with Crippen molar-refractivity contribution in [3.63, 3.8) is 0 Å². The summed E-state index contributed by atoms with van der Waals surface area (Å²) in [6.07, 6.45) is 0.211. The molecule has 2 aliphatic heterocycles. The molecule has 2 amide bonds. The molecule has 2 N–H and O–H groups in total. The first-order chi connectivity index (χ1) is 16.3. The van der Waals surface area contributed by atoms with E-state index in [2.05, 4.69) is 5.32 Å². The summed E-state index contributed by atoms with van der Waals surface area (Å²) >= 11 is 0. The number of nitrogens with zero attached hydrogens (tertiary/aromatic N) is 3. The molecule has 0 spiro atoms. The summed E-state index contributed by atoms with van der Waals surface area (Å²) < 4.78 is 14.1. The van der Waals surface area contributed by atoms with Crippen molar-refractivity contribution in [3.8, 4) is 0 Å². The number of carboxylic acid groups (broad SMARTS) is 1. The summed E-state index contributed by atoms with van der Waals surface area (Å²) in [6.45, 7) is 3.15. The number of nitrogens with one attached hydrogen (secondary N) is 1. The molecule has 2 aromatic rings. The van der Waals surface area contributed by atoms with Crippen molar-refractivity contribution in [2.45, 2.75) is 31.5 Å². The largest absolute Gasteiger partial charge is 0.480 e. The second-order valence-electron chi connectivity index (χ2n) is 8.74. The highest BCUT2D eigenvalue weighted by Gasteiger charge is 2.46. The zero-order chi connectivity index (χ0) is 24.2. The van der Waals surface area contributed by atoms with Crippen molar-refractivity contribution in [2.75, 3.05) is 37.6 Å². The second-order valence-corrected chi connectivity index (χ2v) is 8.74. The number of amides is 2. The molecule has 0 radical (unpaired) electrons. The molecule has 2 heterocycles. The van der Waals surface area contributed by atoms with Gasteiger partial charge in [-0.3, -0.25) is 19.3 Å². The van der Waals surface area contributed by atoms with Gasteiger partial charge in [-0.2, -0.15) is 0 Å². The molecule has 4 rings (SSSR count). The van der Waals surface area contributed by atoms with Crippen molar-refractivity contribution in [1.29, 1.82) is 0 Å². The van der Waals surface area contributed by atoms with E-state index in [9.17, 15) is 23.9 Å². The fourth-order valence-electron chi connectivity index (χ4n) is 5.02. The number of halogens is 1. The van der Waals surface area contributed by atoms with Gasteiger partial charge in [-0.1, -0.05) is 42.5 Å².